The average molecular weight is 377 g/mol. The molecule has 2 N–H and O–H groups in total. The van der Waals surface area contributed by atoms with Crippen LogP contribution in [0.5, 0.6) is 5.75 Å². The van der Waals surface area contributed by atoms with Crippen LogP contribution in [0.4, 0.5) is 5.69 Å². The van der Waals surface area contributed by atoms with E-state index in [-0.39, 0.29) is 6.04 Å². The van der Waals surface area contributed by atoms with E-state index >= 15 is 0 Å². The summed E-state index contributed by atoms with van der Waals surface area (Å²) in [5, 5.41) is 7.29. The SMILES string of the molecule is CCOc1cccc(NC(=S)N[C@@H](c2ccccc2)c2cccc(C)c2)c1. The number of ether oxygens (including phenoxy) is 1. The minimum absolute atomic E-state index is 0.0267. The predicted octanol–water partition coefficient (Wildman–Crippen LogP) is 5.47. The third kappa shape index (κ3) is 5.31. The van der Waals surface area contributed by atoms with Crippen molar-refractivity contribution in [1.82, 2.24) is 5.32 Å². The summed E-state index contributed by atoms with van der Waals surface area (Å²) in [5.74, 6) is 0.823. The zero-order valence-electron chi connectivity index (χ0n) is 15.6. The van der Waals surface area contributed by atoms with Crippen LogP contribution < -0.4 is 15.4 Å². The molecular formula is C23H24N2OS. The van der Waals surface area contributed by atoms with Crippen LogP contribution in [0.2, 0.25) is 0 Å². The Hall–Kier alpha value is -2.85. The Morgan fingerprint density at radius 1 is 0.926 bits per heavy atom. The minimum Gasteiger partial charge on any atom is -0.494 e. The normalized spacial score (nSPS) is 11.5. The van der Waals surface area contributed by atoms with Crippen LogP contribution in [0.25, 0.3) is 0 Å². The molecule has 0 aliphatic rings. The molecule has 0 aromatic heterocycles. The lowest BCUT2D eigenvalue weighted by Crippen LogP contribution is -2.33. The van der Waals surface area contributed by atoms with Gasteiger partial charge in [-0.2, -0.15) is 0 Å². The minimum atomic E-state index is -0.0267. The molecule has 0 aliphatic heterocycles. The maximum absolute atomic E-state index is 5.59. The third-order valence-electron chi connectivity index (χ3n) is 4.19. The molecule has 3 nitrogen and oxygen atoms in total. The van der Waals surface area contributed by atoms with E-state index in [0.717, 1.165) is 17.0 Å². The summed E-state index contributed by atoms with van der Waals surface area (Å²) in [4.78, 5) is 0. The van der Waals surface area contributed by atoms with Gasteiger partial charge in [0.25, 0.3) is 0 Å². The van der Waals surface area contributed by atoms with E-state index in [2.05, 4.69) is 54.0 Å². The molecule has 3 rings (SSSR count). The molecule has 3 aromatic rings. The van der Waals surface area contributed by atoms with Crippen LogP contribution >= 0.6 is 12.2 Å². The number of anilines is 1. The fourth-order valence-corrected chi connectivity index (χ4v) is 3.22. The van der Waals surface area contributed by atoms with Gasteiger partial charge in [-0.25, -0.2) is 0 Å². The van der Waals surface area contributed by atoms with Gasteiger partial charge in [0.1, 0.15) is 5.75 Å². The van der Waals surface area contributed by atoms with Crippen LogP contribution in [0, 0.1) is 6.92 Å². The highest BCUT2D eigenvalue weighted by Gasteiger charge is 2.15. The summed E-state index contributed by atoms with van der Waals surface area (Å²) in [6, 6.07) is 26.6. The fraction of sp³-hybridized carbons (Fsp3) is 0.174. The Morgan fingerprint density at radius 3 is 2.41 bits per heavy atom. The lowest BCUT2D eigenvalue weighted by Gasteiger charge is -2.22. The summed E-state index contributed by atoms with van der Waals surface area (Å²) >= 11 is 5.59. The van der Waals surface area contributed by atoms with Crippen molar-refractivity contribution >= 4 is 23.0 Å². The van der Waals surface area contributed by atoms with Crippen molar-refractivity contribution in [1.29, 1.82) is 0 Å². The average Bonchev–Trinajstić information content (AvgIpc) is 2.67. The van der Waals surface area contributed by atoms with Crippen molar-refractivity contribution in [3.8, 4) is 5.75 Å². The van der Waals surface area contributed by atoms with E-state index in [9.17, 15) is 0 Å². The molecule has 0 spiro atoms. The van der Waals surface area contributed by atoms with Gasteiger partial charge in [0, 0.05) is 11.8 Å². The molecule has 0 heterocycles. The quantitative estimate of drug-likeness (QED) is 0.559. The molecule has 1 atom stereocenters. The monoisotopic (exact) mass is 376 g/mol. The van der Waals surface area contributed by atoms with E-state index in [4.69, 9.17) is 17.0 Å². The maximum Gasteiger partial charge on any atom is 0.171 e. The van der Waals surface area contributed by atoms with Gasteiger partial charge >= 0.3 is 0 Å². The van der Waals surface area contributed by atoms with Gasteiger partial charge in [-0.15, -0.1) is 0 Å². The summed E-state index contributed by atoms with van der Waals surface area (Å²) in [5.41, 5.74) is 4.46. The van der Waals surface area contributed by atoms with Gasteiger partial charge in [0.05, 0.1) is 12.6 Å². The molecule has 0 aliphatic carbocycles. The van der Waals surface area contributed by atoms with Gasteiger partial charge in [0.2, 0.25) is 0 Å². The summed E-state index contributed by atoms with van der Waals surface area (Å²) in [7, 11) is 0. The largest absolute Gasteiger partial charge is 0.494 e. The second kappa shape index (κ2) is 9.19. The van der Waals surface area contributed by atoms with Crippen LogP contribution in [0.1, 0.15) is 29.7 Å². The van der Waals surface area contributed by atoms with Crippen molar-refractivity contribution in [2.45, 2.75) is 19.9 Å². The van der Waals surface area contributed by atoms with Gasteiger partial charge < -0.3 is 15.4 Å². The maximum atomic E-state index is 5.59. The zero-order chi connectivity index (χ0) is 19.1. The highest BCUT2D eigenvalue weighted by atomic mass is 32.1. The number of hydrogen-bond donors (Lipinski definition) is 2. The van der Waals surface area contributed by atoms with Crippen molar-refractivity contribution < 1.29 is 4.74 Å². The molecule has 0 bridgehead atoms. The van der Waals surface area contributed by atoms with E-state index in [1.165, 1.54) is 11.1 Å². The number of nitrogens with one attached hydrogen (secondary N) is 2. The molecule has 3 aromatic carbocycles. The third-order valence-corrected chi connectivity index (χ3v) is 4.41. The summed E-state index contributed by atoms with van der Waals surface area (Å²) < 4.78 is 5.56. The number of aryl methyl sites for hydroxylation is 1. The number of benzene rings is 3. The Kier molecular flexibility index (Phi) is 6.44. The Balaban J connectivity index is 1.80. The summed E-state index contributed by atoms with van der Waals surface area (Å²) in [6.45, 7) is 4.70. The standard InChI is InChI=1S/C23H24N2OS/c1-3-26-21-14-8-13-20(16-21)24-23(27)25-22(18-10-5-4-6-11-18)19-12-7-9-17(2)15-19/h4-16,22H,3H2,1-2H3,(H2,24,25,27)/t22-/m0/s1. The number of hydrogen-bond acceptors (Lipinski definition) is 2. The molecule has 4 heteroatoms. The van der Waals surface area contributed by atoms with Crippen LogP contribution in [-0.4, -0.2) is 11.7 Å². The Bertz CT molecular complexity index is 896. The first kappa shape index (κ1) is 18.9. The lowest BCUT2D eigenvalue weighted by atomic mass is 9.97. The molecule has 0 radical (unpaired) electrons. The first-order valence-corrected chi connectivity index (χ1v) is 9.48. The van der Waals surface area contributed by atoms with Gasteiger partial charge in [-0.3, -0.25) is 0 Å². The van der Waals surface area contributed by atoms with Crippen molar-refractivity contribution in [2.75, 3.05) is 11.9 Å². The molecular weight excluding hydrogens is 352 g/mol. The molecule has 0 saturated carbocycles. The molecule has 0 fully saturated rings. The van der Waals surface area contributed by atoms with Crippen LogP contribution in [0.3, 0.4) is 0 Å². The highest BCUT2D eigenvalue weighted by molar-refractivity contribution is 7.80. The number of thiocarbonyl (C=S) groups is 1. The van der Waals surface area contributed by atoms with E-state index < -0.39 is 0 Å². The van der Waals surface area contributed by atoms with Crippen molar-refractivity contribution in [3.05, 3.63) is 95.6 Å². The molecule has 27 heavy (non-hydrogen) atoms. The van der Waals surface area contributed by atoms with E-state index in [0.29, 0.717) is 11.7 Å². The molecule has 138 valence electrons. The molecule has 0 amide bonds. The highest BCUT2D eigenvalue weighted by Crippen LogP contribution is 2.23. The van der Waals surface area contributed by atoms with Crippen LogP contribution in [0.15, 0.2) is 78.9 Å². The molecule has 0 saturated heterocycles. The molecule has 0 unspecified atom stereocenters. The first-order valence-electron chi connectivity index (χ1n) is 9.07. The first-order chi connectivity index (χ1) is 13.2. The van der Waals surface area contributed by atoms with E-state index in [1.54, 1.807) is 0 Å². The smallest absolute Gasteiger partial charge is 0.171 e. The van der Waals surface area contributed by atoms with Crippen molar-refractivity contribution in [3.63, 3.8) is 0 Å². The van der Waals surface area contributed by atoms with Gasteiger partial charge in [0.15, 0.2) is 5.11 Å². The van der Waals surface area contributed by atoms with Gasteiger partial charge in [-0.1, -0.05) is 66.2 Å². The topological polar surface area (TPSA) is 33.3 Å². The van der Waals surface area contributed by atoms with E-state index in [1.807, 2.05) is 49.4 Å². The second-order valence-electron chi connectivity index (χ2n) is 6.32. The Morgan fingerprint density at radius 2 is 1.67 bits per heavy atom. The zero-order valence-corrected chi connectivity index (χ0v) is 16.4. The summed E-state index contributed by atoms with van der Waals surface area (Å²) in [6.07, 6.45) is 0. The van der Waals surface area contributed by atoms with Gasteiger partial charge in [-0.05, 0) is 49.3 Å². The number of rotatable bonds is 6. The predicted molar refractivity (Wildman–Crippen MR) is 116 cm³/mol. The second-order valence-corrected chi connectivity index (χ2v) is 6.73. The van der Waals surface area contributed by atoms with Crippen LogP contribution in [-0.2, 0) is 0 Å². The Labute approximate surface area is 166 Å². The van der Waals surface area contributed by atoms with Crippen molar-refractivity contribution in [2.24, 2.45) is 0 Å². The lowest BCUT2D eigenvalue weighted by molar-refractivity contribution is 0.340. The fourth-order valence-electron chi connectivity index (χ4n) is 2.98.